The van der Waals surface area contributed by atoms with E-state index in [-0.39, 0.29) is 0 Å². The molecule has 0 aliphatic carbocycles. The molecular formula is C19H32O3. The van der Waals surface area contributed by atoms with Gasteiger partial charge >= 0.3 is 6.16 Å². The molecule has 0 fully saturated rings. The first kappa shape index (κ1) is 20.5. The maximum absolute atomic E-state index is 8.56. The summed E-state index contributed by atoms with van der Waals surface area (Å²) in [6, 6.07) is 10.9. The van der Waals surface area contributed by atoms with Crippen LogP contribution in [0.1, 0.15) is 76.7 Å². The smallest absolute Gasteiger partial charge is 0.450 e. The zero-order chi connectivity index (χ0) is 16.5. The normalized spacial score (nSPS) is 9.86. The second-order valence-electron chi connectivity index (χ2n) is 5.70. The van der Waals surface area contributed by atoms with Crippen molar-refractivity contribution >= 4 is 6.16 Å². The molecule has 0 aliphatic rings. The molecule has 0 saturated heterocycles. The van der Waals surface area contributed by atoms with Crippen molar-refractivity contribution in [2.45, 2.75) is 77.6 Å². The van der Waals surface area contributed by atoms with Crippen molar-refractivity contribution in [2.24, 2.45) is 0 Å². The Morgan fingerprint density at radius 2 is 1.18 bits per heavy atom. The van der Waals surface area contributed by atoms with Crippen molar-refractivity contribution in [3.63, 3.8) is 0 Å². The van der Waals surface area contributed by atoms with E-state index in [0.717, 1.165) is 0 Å². The first-order chi connectivity index (χ1) is 10.7. The molecule has 1 aromatic carbocycles. The highest BCUT2D eigenvalue weighted by Crippen LogP contribution is 2.12. The van der Waals surface area contributed by atoms with Crippen LogP contribution in [0.25, 0.3) is 0 Å². The second kappa shape index (κ2) is 15.9. The van der Waals surface area contributed by atoms with Crippen LogP contribution in [0.15, 0.2) is 30.3 Å². The van der Waals surface area contributed by atoms with Gasteiger partial charge in [0, 0.05) is 0 Å². The Bertz CT molecular complexity index is 345. The second-order valence-corrected chi connectivity index (χ2v) is 5.70. The van der Waals surface area contributed by atoms with E-state index < -0.39 is 6.16 Å². The number of rotatable bonds is 11. The van der Waals surface area contributed by atoms with Gasteiger partial charge in [-0.3, -0.25) is 0 Å². The number of carboxylic acid groups (broad SMARTS) is 2. The molecule has 0 radical (unpaired) electrons. The Morgan fingerprint density at radius 1 is 0.773 bits per heavy atom. The van der Waals surface area contributed by atoms with Crippen molar-refractivity contribution in [3.05, 3.63) is 35.9 Å². The molecule has 0 aliphatic heterocycles. The molecule has 1 rings (SSSR count). The van der Waals surface area contributed by atoms with Crippen molar-refractivity contribution in [1.29, 1.82) is 0 Å². The molecule has 0 unspecified atom stereocenters. The predicted octanol–water partition coefficient (Wildman–Crippen LogP) is 6.37. The van der Waals surface area contributed by atoms with Gasteiger partial charge in [-0.05, 0) is 18.4 Å². The fourth-order valence-corrected chi connectivity index (χ4v) is 2.46. The highest BCUT2D eigenvalue weighted by molar-refractivity contribution is 5.53. The summed E-state index contributed by atoms with van der Waals surface area (Å²) in [5.74, 6) is 0. The number of hydrogen-bond acceptors (Lipinski definition) is 1. The van der Waals surface area contributed by atoms with Crippen molar-refractivity contribution in [1.82, 2.24) is 0 Å². The molecule has 1 aromatic rings. The molecule has 0 aromatic heterocycles. The Hall–Kier alpha value is -1.51. The van der Waals surface area contributed by atoms with E-state index in [0.29, 0.717) is 0 Å². The number of carbonyl (C=O) groups is 1. The minimum absolute atomic E-state index is 1.26. The highest BCUT2D eigenvalue weighted by Gasteiger charge is 1.94. The van der Waals surface area contributed by atoms with Gasteiger partial charge in [0.15, 0.2) is 0 Å². The third kappa shape index (κ3) is 16.5. The van der Waals surface area contributed by atoms with Gasteiger partial charge in [0.1, 0.15) is 0 Å². The fourth-order valence-electron chi connectivity index (χ4n) is 2.46. The summed E-state index contributed by atoms with van der Waals surface area (Å²) in [5, 5.41) is 13.9. The monoisotopic (exact) mass is 308 g/mol. The van der Waals surface area contributed by atoms with E-state index in [1.54, 1.807) is 0 Å². The number of hydrogen-bond donors (Lipinski definition) is 2. The molecule has 0 heterocycles. The van der Waals surface area contributed by atoms with Crippen LogP contribution < -0.4 is 0 Å². The van der Waals surface area contributed by atoms with Crippen LogP contribution in [-0.2, 0) is 6.42 Å². The lowest BCUT2D eigenvalue weighted by atomic mass is 10.0. The third-order valence-corrected chi connectivity index (χ3v) is 3.66. The Kier molecular flexibility index (Phi) is 14.8. The molecule has 0 spiro atoms. The molecule has 0 amide bonds. The summed E-state index contributed by atoms with van der Waals surface area (Å²) in [4.78, 5) is 8.56. The van der Waals surface area contributed by atoms with Crippen LogP contribution in [0.3, 0.4) is 0 Å². The maximum Gasteiger partial charge on any atom is 0.503 e. The van der Waals surface area contributed by atoms with Crippen LogP contribution >= 0.6 is 0 Å². The van der Waals surface area contributed by atoms with E-state index in [4.69, 9.17) is 15.0 Å². The zero-order valence-corrected chi connectivity index (χ0v) is 14.0. The first-order valence-electron chi connectivity index (χ1n) is 8.62. The highest BCUT2D eigenvalue weighted by atomic mass is 16.6. The minimum atomic E-state index is -1.83. The largest absolute Gasteiger partial charge is 0.503 e. The number of benzene rings is 1. The quantitative estimate of drug-likeness (QED) is 0.467. The van der Waals surface area contributed by atoms with Gasteiger partial charge in [-0.2, -0.15) is 0 Å². The summed E-state index contributed by atoms with van der Waals surface area (Å²) in [6.07, 6.45) is 13.7. The molecule has 0 bridgehead atoms. The van der Waals surface area contributed by atoms with E-state index in [9.17, 15) is 0 Å². The lowest BCUT2D eigenvalue weighted by molar-refractivity contribution is 0.137. The zero-order valence-electron chi connectivity index (χ0n) is 14.0. The van der Waals surface area contributed by atoms with Crippen molar-refractivity contribution in [2.75, 3.05) is 0 Å². The molecular weight excluding hydrogens is 276 g/mol. The molecule has 3 heteroatoms. The fraction of sp³-hybridized carbons (Fsp3) is 0.632. The molecule has 3 nitrogen and oxygen atoms in total. The van der Waals surface area contributed by atoms with Gasteiger partial charge in [-0.1, -0.05) is 95.0 Å². The standard InChI is InChI=1S/C18H30.CH2O3/c1-2-3-4-5-6-7-8-9-10-12-15-18-16-13-11-14-17-18;2-1(3)4/h11,13-14,16-17H,2-10,12,15H2,1H3;(H2,2,3,4). The van der Waals surface area contributed by atoms with E-state index in [1.807, 2.05) is 0 Å². The van der Waals surface area contributed by atoms with Crippen molar-refractivity contribution < 1.29 is 15.0 Å². The minimum Gasteiger partial charge on any atom is -0.450 e. The average molecular weight is 308 g/mol. The van der Waals surface area contributed by atoms with Gasteiger partial charge in [0.05, 0.1) is 0 Å². The van der Waals surface area contributed by atoms with Gasteiger partial charge in [0.2, 0.25) is 0 Å². The average Bonchev–Trinajstić information content (AvgIpc) is 2.50. The third-order valence-electron chi connectivity index (χ3n) is 3.66. The van der Waals surface area contributed by atoms with Crippen molar-refractivity contribution in [3.8, 4) is 0 Å². The Morgan fingerprint density at radius 3 is 1.64 bits per heavy atom. The van der Waals surface area contributed by atoms with Crippen LogP contribution in [0.5, 0.6) is 0 Å². The van der Waals surface area contributed by atoms with Crippen LogP contribution in [-0.4, -0.2) is 16.4 Å². The molecule has 0 saturated carbocycles. The molecule has 22 heavy (non-hydrogen) atoms. The van der Waals surface area contributed by atoms with Crippen LogP contribution in [0, 0.1) is 0 Å². The molecule has 0 atom stereocenters. The lowest BCUT2D eigenvalue weighted by Crippen LogP contribution is -1.86. The van der Waals surface area contributed by atoms with E-state index in [1.165, 1.54) is 76.2 Å². The van der Waals surface area contributed by atoms with Gasteiger partial charge < -0.3 is 10.2 Å². The van der Waals surface area contributed by atoms with E-state index >= 15 is 0 Å². The summed E-state index contributed by atoms with van der Waals surface area (Å²) >= 11 is 0. The summed E-state index contributed by atoms with van der Waals surface area (Å²) in [6.45, 7) is 2.28. The van der Waals surface area contributed by atoms with Crippen LogP contribution in [0.4, 0.5) is 4.79 Å². The summed E-state index contributed by atoms with van der Waals surface area (Å²) in [5.41, 5.74) is 1.50. The Balaban J connectivity index is 0.000000980. The van der Waals surface area contributed by atoms with Crippen LogP contribution in [0.2, 0.25) is 0 Å². The summed E-state index contributed by atoms with van der Waals surface area (Å²) < 4.78 is 0. The van der Waals surface area contributed by atoms with Gasteiger partial charge in [-0.25, -0.2) is 4.79 Å². The lowest BCUT2D eigenvalue weighted by Gasteiger charge is -2.03. The number of aryl methyl sites for hydroxylation is 1. The molecule has 126 valence electrons. The summed E-state index contributed by atoms with van der Waals surface area (Å²) in [7, 11) is 0. The first-order valence-corrected chi connectivity index (χ1v) is 8.62. The topological polar surface area (TPSA) is 57.5 Å². The van der Waals surface area contributed by atoms with Gasteiger partial charge in [-0.15, -0.1) is 0 Å². The Labute approximate surface area is 135 Å². The number of unbranched alkanes of at least 4 members (excludes halogenated alkanes) is 9. The van der Waals surface area contributed by atoms with Gasteiger partial charge in [0.25, 0.3) is 0 Å². The maximum atomic E-state index is 8.56. The van der Waals surface area contributed by atoms with E-state index in [2.05, 4.69) is 37.3 Å². The predicted molar refractivity (Wildman–Crippen MR) is 92.6 cm³/mol. The molecule has 2 N–H and O–H groups in total. The SMILES string of the molecule is CCCCCCCCCCCCc1ccccc1.O=C(O)O.